The molecule has 2 aliphatic heterocycles. The van der Waals surface area contributed by atoms with Gasteiger partial charge in [-0.1, -0.05) is 18.2 Å². The number of sulfone groups is 1. The predicted octanol–water partition coefficient (Wildman–Crippen LogP) is 0.351. The number of hydrogen-bond acceptors (Lipinski definition) is 5. The largest absolute Gasteiger partial charge is 0.492 e. The Bertz CT molecular complexity index is 681. The third-order valence-corrected chi connectivity index (χ3v) is 5.38. The molecule has 1 fully saturated rings. The number of carbonyl (C=O) groups is 1. The number of hydrogen-bond donors (Lipinski definition) is 0. The van der Waals surface area contributed by atoms with Crippen LogP contribution < -0.4 is 4.74 Å². The van der Waals surface area contributed by atoms with Gasteiger partial charge in [-0.3, -0.25) is 9.69 Å². The topological polar surface area (TPSA) is 66.9 Å². The summed E-state index contributed by atoms with van der Waals surface area (Å²) in [5, 5.41) is 0. The highest BCUT2D eigenvalue weighted by Gasteiger charge is 2.34. The van der Waals surface area contributed by atoms with Gasteiger partial charge in [-0.15, -0.1) is 0 Å². The van der Waals surface area contributed by atoms with Gasteiger partial charge < -0.3 is 9.64 Å². The highest BCUT2D eigenvalue weighted by molar-refractivity contribution is 7.90. The van der Waals surface area contributed by atoms with Crippen molar-refractivity contribution in [2.45, 2.75) is 5.92 Å². The minimum absolute atomic E-state index is 0.109. The number of carbonyl (C=O) groups excluding carboxylic acids is 1. The first-order valence-electron chi connectivity index (χ1n) is 7.84. The number of para-hydroxylation sites is 1. The maximum atomic E-state index is 12.7. The number of fused-ring (bicyclic) bond motifs is 1. The molecule has 0 saturated carbocycles. The van der Waals surface area contributed by atoms with E-state index in [1.165, 1.54) is 6.26 Å². The minimum atomic E-state index is -2.94. The van der Waals surface area contributed by atoms with Crippen molar-refractivity contribution in [3.63, 3.8) is 0 Å². The molecule has 1 saturated heterocycles. The second-order valence-corrected chi connectivity index (χ2v) is 8.46. The standard InChI is InChI=1S/C16H22N2O4S/c1-23(20,21)11-10-17-6-8-18(9-7-17)16(19)14-12-22-15-5-3-2-4-13(14)15/h2-5,14H,6-12H2,1H3. The van der Waals surface area contributed by atoms with Crippen molar-refractivity contribution in [3.8, 4) is 5.75 Å². The van der Waals surface area contributed by atoms with E-state index >= 15 is 0 Å². The van der Waals surface area contributed by atoms with E-state index in [0.717, 1.165) is 24.4 Å². The Morgan fingerprint density at radius 2 is 1.91 bits per heavy atom. The van der Waals surface area contributed by atoms with E-state index in [1.54, 1.807) is 0 Å². The summed E-state index contributed by atoms with van der Waals surface area (Å²) in [5.74, 6) is 0.870. The molecule has 1 unspecified atom stereocenters. The second kappa shape index (κ2) is 6.49. The van der Waals surface area contributed by atoms with Gasteiger partial charge in [0.15, 0.2) is 0 Å². The summed E-state index contributed by atoms with van der Waals surface area (Å²) >= 11 is 0. The molecule has 2 heterocycles. The van der Waals surface area contributed by atoms with Crippen LogP contribution in [0.5, 0.6) is 5.75 Å². The monoisotopic (exact) mass is 338 g/mol. The van der Waals surface area contributed by atoms with Gasteiger partial charge in [0.25, 0.3) is 0 Å². The van der Waals surface area contributed by atoms with E-state index in [1.807, 2.05) is 29.2 Å². The lowest BCUT2D eigenvalue weighted by atomic mass is 9.99. The Hall–Kier alpha value is -1.60. The molecule has 0 bridgehead atoms. The fraction of sp³-hybridized carbons (Fsp3) is 0.562. The molecular formula is C16H22N2O4S. The second-order valence-electron chi connectivity index (χ2n) is 6.20. The number of amides is 1. The smallest absolute Gasteiger partial charge is 0.233 e. The summed E-state index contributed by atoms with van der Waals surface area (Å²) in [5.41, 5.74) is 0.969. The van der Waals surface area contributed by atoms with Crippen molar-refractivity contribution in [1.29, 1.82) is 0 Å². The van der Waals surface area contributed by atoms with Gasteiger partial charge in [0.1, 0.15) is 28.1 Å². The average molecular weight is 338 g/mol. The molecule has 0 aromatic heterocycles. The van der Waals surface area contributed by atoms with Crippen LogP contribution in [0.2, 0.25) is 0 Å². The molecule has 2 aliphatic rings. The zero-order valence-corrected chi connectivity index (χ0v) is 14.1. The van der Waals surface area contributed by atoms with E-state index in [2.05, 4.69) is 4.90 Å². The molecule has 0 radical (unpaired) electrons. The van der Waals surface area contributed by atoms with Gasteiger partial charge in [0.05, 0.1) is 5.75 Å². The summed E-state index contributed by atoms with van der Waals surface area (Å²) in [4.78, 5) is 16.7. The Balaban J connectivity index is 1.55. The van der Waals surface area contributed by atoms with Crippen LogP contribution >= 0.6 is 0 Å². The van der Waals surface area contributed by atoms with Crippen LogP contribution in [0.4, 0.5) is 0 Å². The predicted molar refractivity (Wildman–Crippen MR) is 87.4 cm³/mol. The summed E-state index contributed by atoms with van der Waals surface area (Å²) in [6, 6.07) is 7.68. The van der Waals surface area contributed by atoms with Crippen molar-refractivity contribution in [2.24, 2.45) is 0 Å². The summed E-state index contributed by atoms with van der Waals surface area (Å²) < 4.78 is 28.1. The molecule has 23 heavy (non-hydrogen) atoms. The molecule has 1 amide bonds. The molecule has 7 heteroatoms. The molecule has 1 atom stereocenters. The third-order valence-electron chi connectivity index (χ3n) is 4.46. The summed E-state index contributed by atoms with van der Waals surface area (Å²) in [6.07, 6.45) is 1.25. The zero-order valence-electron chi connectivity index (χ0n) is 13.3. The van der Waals surface area contributed by atoms with Crippen molar-refractivity contribution in [2.75, 3.05) is 51.3 Å². The molecule has 1 aromatic rings. The normalized spacial score (nSPS) is 21.8. The molecule has 0 N–H and O–H groups in total. The van der Waals surface area contributed by atoms with Crippen molar-refractivity contribution in [3.05, 3.63) is 29.8 Å². The lowest BCUT2D eigenvalue weighted by molar-refractivity contribution is -0.134. The van der Waals surface area contributed by atoms with E-state index in [9.17, 15) is 13.2 Å². The van der Waals surface area contributed by atoms with Crippen molar-refractivity contribution >= 4 is 15.7 Å². The molecular weight excluding hydrogens is 316 g/mol. The van der Waals surface area contributed by atoms with Crippen LogP contribution in [-0.4, -0.2) is 75.5 Å². The maximum absolute atomic E-state index is 12.7. The first-order valence-corrected chi connectivity index (χ1v) is 9.91. The minimum Gasteiger partial charge on any atom is -0.492 e. The Labute approximate surface area is 136 Å². The van der Waals surface area contributed by atoms with E-state index in [0.29, 0.717) is 26.2 Å². The highest BCUT2D eigenvalue weighted by Crippen LogP contribution is 2.34. The van der Waals surface area contributed by atoms with Gasteiger partial charge >= 0.3 is 0 Å². The first-order chi connectivity index (χ1) is 10.9. The van der Waals surface area contributed by atoms with E-state index < -0.39 is 9.84 Å². The highest BCUT2D eigenvalue weighted by atomic mass is 32.2. The Morgan fingerprint density at radius 1 is 1.22 bits per heavy atom. The first kappa shape index (κ1) is 16.3. The van der Waals surface area contributed by atoms with E-state index in [4.69, 9.17) is 4.74 Å². The number of nitrogens with zero attached hydrogens (tertiary/aromatic N) is 2. The van der Waals surface area contributed by atoms with Crippen LogP contribution in [-0.2, 0) is 14.6 Å². The van der Waals surface area contributed by atoms with Crippen LogP contribution in [0.25, 0.3) is 0 Å². The van der Waals surface area contributed by atoms with Gasteiger partial charge in [-0.2, -0.15) is 0 Å². The molecule has 3 rings (SSSR count). The number of piperazine rings is 1. The lowest BCUT2D eigenvalue weighted by Gasteiger charge is -2.35. The van der Waals surface area contributed by atoms with Crippen LogP contribution in [0.1, 0.15) is 11.5 Å². The third kappa shape index (κ3) is 3.84. The summed E-state index contributed by atoms with van der Waals surface area (Å²) in [7, 11) is -2.94. The number of benzene rings is 1. The quantitative estimate of drug-likeness (QED) is 0.793. The zero-order chi connectivity index (χ0) is 16.4. The maximum Gasteiger partial charge on any atom is 0.233 e. The fourth-order valence-corrected chi connectivity index (χ4v) is 3.66. The van der Waals surface area contributed by atoms with Gasteiger partial charge in [-0.05, 0) is 6.07 Å². The van der Waals surface area contributed by atoms with Crippen molar-refractivity contribution < 1.29 is 17.9 Å². The molecule has 0 aliphatic carbocycles. The molecule has 126 valence electrons. The van der Waals surface area contributed by atoms with Crippen molar-refractivity contribution in [1.82, 2.24) is 9.80 Å². The van der Waals surface area contributed by atoms with Crippen LogP contribution in [0, 0.1) is 0 Å². The number of rotatable bonds is 4. The van der Waals surface area contributed by atoms with Crippen LogP contribution in [0.3, 0.4) is 0 Å². The lowest BCUT2D eigenvalue weighted by Crippen LogP contribution is -2.50. The Morgan fingerprint density at radius 3 is 2.61 bits per heavy atom. The average Bonchev–Trinajstić information content (AvgIpc) is 2.96. The molecule has 0 spiro atoms. The summed E-state index contributed by atoms with van der Waals surface area (Å²) in [6.45, 7) is 3.66. The molecule has 1 aromatic carbocycles. The van der Waals surface area contributed by atoms with Gasteiger partial charge in [-0.25, -0.2) is 8.42 Å². The van der Waals surface area contributed by atoms with E-state index in [-0.39, 0.29) is 17.6 Å². The fourth-order valence-electron chi connectivity index (χ4n) is 3.07. The van der Waals surface area contributed by atoms with Crippen LogP contribution in [0.15, 0.2) is 24.3 Å². The molecule has 6 nitrogen and oxygen atoms in total. The number of ether oxygens (including phenoxy) is 1. The van der Waals surface area contributed by atoms with Gasteiger partial charge in [0, 0.05) is 44.5 Å². The van der Waals surface area contributed by atoms with Gasteiger partial charge in [0.2, 0.25) is 5.91 Å². The SMILES string of the molecule is CS(=O)(=O)CCN1CCN(C(=O)C2COc3ccccc32)CC1. The Kier molecular flexibility index (Phi) is 4.59.